The average molecular weight is 399 g/mol. The third-order valence-electron chi connectivity index (χ3n) is 3.92. The summed E-state index contributed by atoms with van der Waals surface area (Å²) in [6, 6.07) is 4.77. The van der Waals surface area contributed by atoms with Gasteiger partial charge in [0.25, 0.3) is 5.91 Å². The standard InChI is InChI=1S/C16H20Cl2N6O2/c1-11-19-20-21-24(11)10-15(25)22(2)7-4-8-23(3)16(26)13-6-5-12(17)9-14(13)18/h5-6,9H,4,7-8,10H2,1-3H3. The highest BCUT2D eigenvalue weighted by atomic mass is 35.5. The number of likely N-dealkylation sites (N-methyl/N-ethyl adjacent to an activating group) is 1. The molecule has 10 heteroatoms. The molecule has 1 aromatic carbocycles. The molecule has 140 valence electrons. The first-order valence-corrected chi connectivity index (χ1v) is 8.72. The summed E-state index contributed by atoms with van der Waals surface area (Å²) in [6.07, 6.45) is 0.629. The molecule has 26 heavy (non-hydrogen) atoms. The van der Waals surface area contributed by atoms with Crippen molar-refractivity contribution >= 4 is 35.0 Å². The van der Waals surface area contributed by atoms with Crippen molar-refractivity contribution < 1.29 is 9.59 Å². The van der Waals surface area contributed by atoms with Crippen LogP contribution in [-0.2, 0) is 11.3 Å². The molecular formula is C16H20Cl2N6O2. The summed E-state index contributed by atoms with van der Waals surface area (Å²) >= 11 is 11.9. The van der Waals surface area contributed by atoms with Crippen molar-refractivity contribution in [2.75, 3.05) is 27.2 Å². The first kappa shape index (κ1) is 20.1. The summed E-state index contributed by atoms with van der Waals surface area (Å²) < 4.78 is 1.44. The van der Waals surface area contributed by atoms with E-state index < -0.39 is 0 Å². The van der Waals surface area contributed by atoms with Crippen LogP contribution in [0.4, 0.5) is 0 Å². The van der Waals surface area contributed by atoms with Crippen LogP contribution in [0.3, 0.4) is 0 Å². The van der Waals surface area contributed by atoms with Crippen LogP contribution in [0.1, 0.15) is 22.6 Å². The molecule has 0 aliphatic heterocycles. The Morgan fingerprint density at radius 3 is 2.46 bits per heavy atom. The Morgan fingerprint density at radius 2 is 1.85 bits per heavy atom. The molecule has 8 nitrogen and oxygen atoms in total. The van der Waals surface area contributed by atoms with Crippen LogP contribution in [0.5, 0.6) is 0 Å². The van der Waals surface area contributed by atoms with Crippen molar-refractivity contribution in [3.05, 3.63) is 39.6 Å². The van der Waals surface area contributed by atoms with E-state index in [1.807, 2.05) is 0 Å². The molecule has 2 amide bonds. The maximum absolute atomic E-state index is 12.4. The molecular weight excluding hydrogens is 379 g/mol. The van der Waals surface area contributed by atoms with Crippen LogP contribution in [0.15, 0.2) is 18.2 Å². The van der Waals surface area contributed by atoms with Gasteiger partial charge in [0.1, 0.15) is 12.4 Å². The summed E-state index contributed by atoms with van der Waals surface area (Å²) in [6.45, 7) is 2.81. The molecule has 1 heterocycles. The van der Waals surface area contributed by atoms with E-state index in [4.69, 9.17) is 23.2 Å². The van der Waals surface area contributed by atoms with Crippen LogP contribution < -0.4 is 0 Å². The molecule has 2 rings (SSSR count). The predicted molar refractivity (Wildman–Crippen MR) is 98.2 cm³/mol. The normalized spacial score (nSPS) is 10.7. The third-order valence-corrected chi connectivity index (χ3v) is 4.46. The minimum Gasteiger partial charge on any atom is -0.344 e. The lowest BCUT2D eigenvalue weighted by Gasteiger charge is -2.21. The summed E-state index contributed by atoms with van der Waals surface area (Å²) in [4.78, 5) is 27.8. The van der Waals surface area contributed by atoms with E-state index in [0.717, 1.165) is 0 Å². The number of tetrazole rings is 1. The number of halogens is 2. The van der Waals surface area contributed by atoms with Gasteiger partial charge in [0.05, 0.1) is 10.6 Å². The Morgan fingerprint density at radius 1 is 1.15 bits per heavy atom. The highest BCUT2D eigenvalue weighted by molar-refractivity contribution is 6.36. The van der Waals surface area contributed by atoms with E-state index >= 15 is 0 Å². The van der Waals surface area contributed by atoms with Gasteiger partial charge in [-0.3, -0.25) is 9.59 Å². The second kappa shape index (κ2) is 8.95. The van der Waals surface area contributed by atoms with Crippen LogP contribution in [0.2, 0.25) is 10.0 Å². The largest absolute Gasteiger partial charge is 0.344 e. The topological polar surface area (TPSA) is 84.2 Å². The SMILES string of the molecule is Cc1nnnn1CC(=O)N(C)CCCN(C)C(=O)c1ccc(Cl)cc1Cl. The van der Waals surface area contributed by atoms with E-state index in [0.29, 0.717) is 40.9 Å². The fourth-order valence-corrected chi connectivity index (χ4v) is 2.77. The average Bonchev–Trinajstić information content (AvgIpc) is 2.98. The van der Waals surface area contributed by atoms with Gasteiger partial charge < -0.3 is 9.80 Å². The third kappa shape index (κ3) is 5.15. The molecule has 0 saturated heterocycles. The molecule has 0 atom stereocenters. The zero-order valence-electron chi connectivity index (χ0n) is 14.8. The Bertz CT molecular complexity index is 795. The first-order chi connectivity index (χ1) is 12.3. The monoisotopic (exact) mass is 398 g/mol. The summed E-state index contributed by atoms with van der Waals surface area (Å²) in [7, 11) is 3.40. The van der Waals surface area contributed by atoms with E-state index in [2.05, 4.69) is 15.5 Å². The minimum atomic E-state index is -0.190. The maximum atomic E-state index is 12.4. The summed E-state index contributed by atoms with van der Waals surface area (Å²) in [5.74, 6) is 0.289. The number of aromatic nitrogens is 4. The maximum Gasteiger partial charge on any atom is 0.255 e. The van der Waals surface area contributed by atoms with Crippen LogP contribution in [0.25, 0.3) is 0 Å². The van der Waals surface area contributed by atoms with E-state index in [-0.39, 0.29) is 18.4 Å². The highest BCUT2D eigenvalue weighted by Crippen LogP contribution is 2.22. The number of rotatable bonds is 7. The van der Waals surface area contributed by atoms with Crippen molar-refractivity contribution in [2.24, 2.45) is 0 Å². The molecule has 0 saturated carbocycles. The van der Waals surface area contributed by atoms with Gasteiger partial charge in [-0.25, -0.2) is 4.68 Å². The Labute approximate surface area is 161 Å². The van der Waals surface area contributed by atoms with Gasteiger partial charge in [-0.2, -0.15) is 0 Å². The smallest absolute Gasteiger partial charge is 0.255 e. The van der Waals surface area contributed by atoms with Crippen LogP contribution in [0, 0.1) is 6.92 Å². The molecule has 0 N–H and O–H groups in total. The molecule has 0 unspecified atom stereocenters. The number of benzene rings is 1. The summed E-state index contributed by atoms with van der Waals surface area (Å²) in [5, 5.41) is 11.8. The van der Waals surface area contributed by atoms with Gasteiger partial charge >= 0.3 is 0 Å². The molecule has 0 bridgehead atoms. The van der Waals surface area contributed by atoms with Gasteiger partial charge in [-0.15, -0.1) is 5.10 Å². The highest BCUT2D eigenvalue weighted by Gasteiger charge is 2.16. The Hall–Kier alpha value is -2.19. The van der Waals surface area contributed by atoms with Crippen LogP contribution in [-0.4, -0.2) is 69.0 Å². The van der Waals surface area contributed by atoms with E-state index in [9.17, 15) is 9.59 Å². The quantitative estimate of drug-likeness (QED) is 0.710. The second-order valence-corrected chi connectivity index (χ2v) is 6.75. The Balaban J connectivity index is 1.81. The van der Waals surface area contributed by atoms with Crippen molar-refractivity contribution in [1.29, 1.82) is 0 Å². The van der Waals surface area contributed by atoms with Crippen molar-refractivity contribution in [2.45, 2.75) is 19.9 Å². The molecule has 1 aromatic heterocycles. The van der Waals surface area contributed by atoms with E-state index in [1.54, 1.807) is 43.0 Å². The number of hydrogen-bond acceptors (Lipinski definition) is 5. The molecule has 2 aromatic rings. The number of hydrogen-bond donors (Lipinski definition) is 0. The number of carbonyl (C=O) groups excluding carboxylic acids is 2. The van der Waals surface area contributed by atoms with Crippen LogP contribution >= 0.6 is 23.2 Å². The Kier molecular flexibility index (Phi) is 6.93. The summed E-state index contributed by atoms with van der Waals surface area (Å²) in [5.41, 5.74) is 0.400. The number of aryl methyl sites for hydroxylation is 1. The zero-order chi connectivity index (χ0) is 19.3. The van der Waals surface area contributed by atoms with Gasteiger partial charge in [0.15, 0.2) is 0 Å². The van der Waals surface area contributed by atoms with Gasteiger partial charge in [-0.05, 0) is 42.0 Å². The molecule has 0 fully saturated rings. The first-order valence-electron chi connectivity index (χ1n) is 7.97. The molecule has 0 radical (unpaired) electrons. The number of amides is 2. The van der Waals surface area contributed by atoms with Crippen molar-refractivity contribution in [3.63, 3.8) is 0 Å². The molecule has 0 aliphatic rings. The number of carbonyl (C=O) groups is 2. The lowest BCUT2D eigenvalue weighted by Crippen LogP contribution is -2.34. The van der Waals surface area contributed by atoms with Gasteiger partial charge in [0, 0.05) is 32.2 Å². The predicted octanol–water partition coefficient (Wildman–Crippen LogP) is 1.91. The van der Waals surface area contributed by atoms with Gasteiger partial charge in [-0.1, -0.05) is 23.2 Å². The van der Waals surface area contributed by atoms with Crippen molar-refractivity contribution in [1.82, 2.24) is 30.0 Å². The van der Waals surface area contributed by atoms with Gasteiger partial charge in [0.2, 0.25) is 5.91 Å². The molecule has 0 spiro atoms. The zero-order valence-corrected chi connectivity index (χ0v) is 16.3. The molecule has 0 aliphatic carbocycles. The van der Waals surface area contributed by atoms with E-state index in [1.165, 1.54) is 10.7 Å². The number of nitrogens with zero attached hydrogens (tertiary/aromatic N) is 6. The lowest BCUT2D eigenvalue weighted by atomic mass is 10.2. The fourth-order valence-electron chi connectivity index (χ4n) is 2.28. The minimum absolute atomic E-state index is 0.0878. The lowest BCUT2D eigenvalue weighted by molar-refractivity contribution is -0.130. The second-order valence-electron chi connectivity index (χ2n) is 5.90. The fraction of sp³-hybridized carbons (Fsp3) is 0.438. The van der Waals surface area contributed by atoms with Crippen molar-refractivity contribution in [3.8, 4) is 0 Å².